The summed E-state index contributed by atoms with van der Waals surface area (Å²) in [6.07, 6.45) is 0.239. The highest BCUT2D eigenvalue weighted by atomic mass is 32.2. The van der Waals surface area contributed by atoms with E-state index in [0.29, 0.717) is 16.2 Å². The third-order valence-corrected chi connectivity index (χ3v) is 5.30. The summed E-state index contributed by atoms with van der Waals surface area (Å²) in [5, 5.41) is 12.9. The van der Waals surface area contributed by atoms with Gasteiger partial charge in [-0.05, 0) is 12.5 Å². The van der Waals surface area contributed by atoms with Crippen molar-refractivity contribution in [1.82, 2.24) is 5.32 Å². The van der Waals surface area contributed by atoms with Crippen LogP contribution in [0, 0.1) is 18.3 Å². The van der Waals surface area contributed by atoms with E-state index in [1.165, 1.54) is 11.8 Å². The van der Waals surface area contributed by atoms with E-state index < -0.39 is 0 Å². The number of hydrogen-bond acceptors (Lipinski definition) is 4. The lowest BCUT2D eigenvalue weighted by Crippen LogP contribution is -2.31. The molecule has 0 aliphatic carbocycles. The zero-order chi connectivity index (χ0) is 18.5. The predicted molar refractivity (Wildman–Crippen MR) is 103 cm³/mol. The van der Waals surface area contributed by atoms with Gasteiger partial charge in [-0.2, -0.15) is 5.26 Å². The molecule has 1 amide bonds. The zero-order valence-electron chi connectivity index (χ0n) is 14.4. The summed E-state index contributed by atoms with van der Waals surface area (Å²) in [5.74, 6) is -0.272. The first-order valence-corrected chi connectivity index (χ1v) is 9.29. The van der Waals surface area contributed by atoms with Gasteiger partial charge in [0.1, 0.15) is 0 Å². The molecule has 2 aromatic carbocycles. The van der Waals surface area contributed by atoms with Gasteiger partial charge in [-0.15, -0.1) is 0 Å². The molecule has 0 unspecified atom stereocenters. The number of nitrogens with zero attached hydrogens (tertiary/aromatic N) is 1. The topological polar surface area (TPSA) is 70.0 Å². The Morgan fingerprint density at radius 1 is 1.19 bits per heavy atom. The molecule has 4 nitrogen and oxygen atoms in total. The quantitative estimate of drug-likeness (QED) is 0.818. The van der Waals surface area contributed by atoms with Crippen molar-refractivity contribution in [2.45, 2.75) is 19.3 Å². The molecule has 0 radical (unpaired) electrons. The summed E-state index contributed by atoms with van der Waals surface area (Å²) in [4.78, 5) is 24.5. The fraction of sp³-hybridized carbons (Fsp3) is 0.190. The predicted octanol–water partition coefficient (Wildman–Crippen LogP) is 3.95. The van der Waals surface area contributed by atoms with Crippen LogP contribution in [-0.2, 0) is 4.79 Å². The minimum Gasteiger partial charge on any atom is -0.320 e. The number of thioether (sulfide) groups is 1. The second kappa shape index (κ2) is 8.03. The minimum absolute atomic E-state index is 0.0351. The number of ketones is 1. The highest BCUT2D eigenvalue weighted by molar-refractivity contribution is 8.03. The van der Waals surface area contributed by atoms with E-state index in [1.54, 1.807) is 12.1 Å². The monoisotopic (exact) mass is 362 g/mol. The van der Waals surface area contributed by atoms with Crippen LogP contribution in [0.5, 0.6) is 0 Å². The van der Waals surface area contributed by atoms with Crippen molar-refractivity contribution in [2.24, 2.45) is 0 Å². The molecule has 0 saturated carbocycles. The van der Waals surface area contributed by atoms with Crippen LogP contribution in [0.1, 0.15) is 33.8 Å². The van der Waals surface area contributed by atoms with Crippen LogP contribution < -0.4 is 5.32 Å². The van der Waals surface area contributed by atoms with Crippen molar-refractivity contribution in [3.05, 3.63) is 81.9 Å². The summed E-state index contributed by atoms with van der Waals surface area (Å²) in [6, 6.07) is 19.1. The summed E-state index contributed by atoms with van der Waals surface area (Å²) < 4.78 is 0. The van der Waals surface area contributed by atoms with Crippen LogP contribution >= 0.6 is 11.8 Å². The maximum atomic E-state index is 12.3. The second-order valence-electron chi connectivity index (χ2n) is 6.15. The standard InChI is InChI=1S/C21H18N2O2S/c1-14-7-9-15(10-8-14)17-11-20(25)23-21(18(17)12-22)26-13-19(24)16-5-3-2-4-6-16/h2-10,17H,11,13H2,1H3,(H,23,25)/t17-/m0/s1. The minimum atomic E-state index is -0.274. The Kier molecular flexibility index (Phi) is 5.55. The number of amides is 1. The molecule has 1 aliphatic rings. The highest BCUT2D eigenvalue weighted by Gasteiger charge is 2.29. The number of benzene rings is 2. The van der Waals surface area contributed by atoms with Crippen molar-refractivity contribution in [3.63, 3.8) is 0 Å². The van der Waals surface area contributed by atoms with Gasteiger partial charge >= 0.3 is 0 Å². The molecule has 0 spiro atoms. The number of hydrogen-bond donors (Lipinski definition) is 1. The number of allylic oxidation sites excluding steroid dienone is 1. The Balaban J connectivity index is 1.83. The number of nitrogens with one attached hydrogen (secondary N) is 1. The van der Waals surface area contributed by atoms with Crippen molar-refractivity contribution < 1.29 is 9.59 Å². The Labute approximate surface area is 156 Å². The number of carbonyl (C=O) groups excluding carboxylic acids is 2. The van der Waals surface area contributed by atoms with Gasteiger partial charge in [0.05, 0.1) is 22.4 Å². The van der Waals surface area contributed by atoms with Gasteiger partial charge in [0, 0.05) is 17.9 Å². The van der Waals surface area contributed by atoms with Crippen LogP contribution in [0.3, 0.4) is 0 Å². The van der Waals surface area contributed by atoms with E-state index in [4.69, 9.17) is 0 Å². The molecule has 2 aromatic rings. The van der Waals surface area contributed by atoms with Gasteiger partial charge < -0.3 is 5.32 Å². The first kappa shape index (κ1) is 18.0. The van der Waals surface area contributed by atoms with Crippen molar-refractivity contribution >= 4 is 23.5 Å². The van der Waals surface area contributed by atoms with Gasteiger partial charge in [-0.25, -0.2) is 0 Å². The molecule has 5 heteroatoms. The molecule has 1 aliphatic heterocycles. The van der Waals surface area contributed by atoms with E-state index in [1.807, 2.05) is 49.4 Å². The SMILES string of the molecule is Cc1ccc([C@@H]2CC(=O)NC(SCC(=O)c3ccccc3)=C2C#N)cc1. The van der Waals surface area contributed by atoms with Gasteiger partial charge in [0.15, 0.2) is 5.78 Å². The van der Waals surface area contributed by atoms with Gasteiger partial charge in [0.2, 0.25) is 5.91 Å². The first-order chi connectivity index (χ1) is 12.6. The molecule has 26 heavy (non-hydrogen) atoms. The number of aryl methyl sites for hydroxylation is 1. The molecule has 3 rings (SSSR count). The van der Waals surface area contributed by atoms with E-state index >= 15 is 0 Å². The lowest BCUT2D eigenvalue weighted by Gasteiger charge is -2.25. The number of Topliss-reactive ketones (excluding diaryl/α,β-unsaturated/α-hetero) is 1. The van der Waals surface area contributed by atoms with Crippen molar-refractivity contribution in [2.75, 3.05) is 5.75 Å². The molecular formula is C21H18N2O2S. The van der Waals surface area contributed by atoms with Gasteiger partial charge in [-0.3, -0.25) is 9.59 Å². The molecular weight excluding hydrogens is 344 g/mol. The Bertz CT molecular complexity index is 896. The van der Waals surface area contributed by atoms with E-state index in [0.717, 1.165) is 11.1 Å². The summed E-state index contributed by atoms with van der Waals surface area (Å²) >= 11 is 1.21. The fourth-order valence-electron chi connectivity index (χ4n) is 2.86. The molecule has 1 atom stereocenters. The molecule has 130 valence electrons. The van der Waals surface area contributed by atoms with Gasteiger partial charge in [0.25, 0.3) is 0 Å². The number of carbonyl (C=O) groups is 2. The average molecular weight is 362 g/mol. The summed E-state index contributed by atoms with van der Waals surface area (Å²) in [5.41, 5.74) is 3.20. The van der Waals surface area contributed by atoms with E-state index in [2.05, 4.69) is 11.4 Å². The molecule has 0 fully saturated rings. The Morgan fingerprint density at radius 3 is 2.54 bits per heavy atom. The maximum Gasteiger partial charge on any atom is 0.225 e. The third kappa shape index (κ3) is 4.04. The number of nitriles is 1. The smallest absolute Gasteiger partial charge is 0.225 e. The largest absolute Gasteiger partial charge is 0.320 e. The van der Waals surface area contributed by atoms with Crippen molar-refractivity contribution in [3.8, 4) is 6.07 Å². The lowest BCUT2D eigenvalue weighted by molar-refractivity contribution is -0.120. The molecule has 1 heterocycles. The van der Waals surface area contributed by atoms with Gasteiger partial charge in [-0.1, -0.05) is 71.9 Å². The van der Waals surface area contributed by atoms with E-state index in [-0.39, 0.29) is 29.8 Å². The molecule has 0 aromatic heterocycles. The molecule has 0 saturated heterocycles. The summed E-state index contributed by atoms with van der Waals surface area (Å²) in [7, 11) is 0. The molecule has 0 bridgehead atoms. The van der Waals surface area contributed by atoms with E-state index in [9.17, 15) is 14.9 Å². The van der Waals surface area contributed by atoms with Crippen LogP contribution in [0.2, 0.25) is 0 Å². The third-order valence-electron chi connectivity index (χ3n) is 4.28. The van der Waals surface area contributed by atoms with Crippen molar-refractivity contribution in [1.29, 1.82) is 5.26 Å². The summed E-state index contributed by atoms with van der Waals surface area (Å²) in [6.45, 7) is 1.99. The average Bonchev–Trinajstić information content (AvgIpc) is 2.67. The maximum absolute atomic E-state index is 12.3. The fourth-order valence-corrected chi connectivity index (χ4v) is 3.83. The molecule has 1 N–H and O–H groups in total. The van der Waals surface area contributed by atoms with Crippen LogP contribution in [0.15, 0.2) is 65.2 Å². The normalized spacial score (nSPS) is 16.8. The lowest BCUT2D eigenvalue weighted by atomic mass is 9.87. The zero-order valence-corrected chi connectivity index (χ0v) is 15.2. The van der Waals surface area contributed by atoms with Crippen LogP contribution in [-0.4, -0.2) is 17.4 Å². The number of rotatable bonds is 5. The second-order valence-corrected chi connectivity index (χ2v) is 7.13. The Hall–Kier alpha value is -2.84. The highest BCUT2D eigenvalue weighted by Crippen LogP contribution is 2.36. The van der Waals surface area contributed by atoms with Crippen LogP contribution in [0.4, 0.5) is 0 Å². The first-order valence-electron chi connectivity index (χ1n) is 8.30. The Morgan fingerprint density at radius 2 is 1.88 bits per heavy atom. The van der Waals surface area contributed by atoms with Crippen LogP contribution in [0.25, 0.3) is 0 Å².